The molecule has 0 saturated carbocycles. The summed E-state index contributed by atoms with van der Waals surface area (Å²) in [6, 6.07) is 25.4. The highest BCUT2D eigenvalue weighted by Gasteiger charge is 2.36. The molecule has 0 unspecified atom stereocenters. The largest absolute Gasteiger partial charge is 0.402 e. The Kier molecular flexibility index (Phi) is 6.36. The molecule has 0 atom stereocenters. The van der Waals surface area contributed by atoms with E-state index >= 15 is 0 Å². The lowest BCUT2D eigenvalue weighted by Crippen LogP contribution is -2.08. The number of hydrogen-bond acceptors (Lipinski definition) is 4. The van der Waals surface area contributed by atoms with Crippen LogP contribution in [0.1, 0.15) is 27.0 Å². The third-order valence-electron chi connectivity index (χ3n) is 4.04. The SMILES string of the molecule is Cc1ccc(C(=O)P(=O)(OCc2ccccc2)OCc2ccccc2)cc1. The molecular weight excluding hydrogens is 359 g/mol. The van der Waals surface area contributed by atoms with Gasteiger partial charge in [-0.15, -0.1) is 0 Å². The van der Waals surface area contributed by atoms with Crippen LogP contribution in [0.2, 0.25) is 0 Å². The number of hydrogen-bond donors (Lipinski definition) is 0. The first-order valence-corrected chi connectivity index (χ1v) is 10.2. The summed E-state index contributed by atoms with van der Waals surface area (Å²) >= 11 is 0. The highest BCUT2D eigenvalue weighted by atomic mass is 31.2. The highest BCUT2D eigenvalue weighted by molar-refractivity contribution is 7.72. The predicted molar refractivity (Wildman–Crippen MR) is 106 cm³/mol. The van der Waals surface area contributed by atoms with Crippen LogP contribution < -0.4 is 0 Å². The van der Waals surface area contributed by atoms with Crippen molar-refractivity contribution in [2.24, 2.45) is 0 Å². The van der Waals surface area contributed by atoms with Gasteiger partial charge in [0.15, 0.2) is 0 Å². The van der Waals surface area contributed by atoms with Crippen molar-refractivity contribution in [1.29, 1.82) is 0 Å². The smallest absolute Gasteiger partial charge is 0.298 e. The Bertz CT molecular complexity index is 874. The second-order valence-corrected chi connectivity index (χ2v) is 8.10. The molecule has 3 aromatic rings. The zero-order valence-electron chi connectivity index (χ0n) is 15.1. The Morgan fingerprint density at radius 3 is 1.63 bits per heavy atom. The van der Waals surface area contributed by atoms with Crippen molar-refractivity contribution in [3.05, 3.63) is 107 Å². The molecule has 4 nitrogen and oxygen atoms in total. The van der Waals surface area contributed by atoms with Crippen molar-refractivity contribution in [2.75, 3.05) is 0 Å². The summed E-state index contributed by atoms with van der Waals surface area (Å²) in [5.41, 5.74) is 2.33. The zero-order chi connectivity index (χ0) is 19.1. The second kappa shape index (κ2) is 8.92. The molecule has 0 amide bonds. The summed E-state index contributed by atoms with van der Waals surface area (Å²) in [6.45, 7) is 1.99. The normalized spacial score (nSPS) is 11.3. The van der Waals surface area contributed by atoms with Crippen LogP contribution >= 0.6 is 7.60 Å². The van der Waals surface area contributed by atoms with Gasteiger partial charge in [-0.25, -0.2) is 0 Å². The summed E-state index contributed by atoms with van der Waals surface area (Å²) in [4.78, 5) is 12.9. The van der Waals surface area contributed by atoms with E-state index in [0.29, 0.717) is 5.56 Å². The summed E-state index contributed by atoms with van der Waals surface area (Å²) in [5, 5.41) is 0. The van der Waals surface area contributed by atoms with E-state index in [-0.39, 0.29) is 13.2 Å². The molecule has 0 saturated heterocycles. The van der Waals surface area contributed by atoms with Crippen LogP contribution in [0.25, 0.3) is 0 Å². The lowest BCUT2D eigenvalue weighted by molar-refractivity contribution is 0.0983. The molecule has 5 heteroatoms. The average Bonchev–Trinajstić information content (AvgIpc) is 2.72. The molecule has 27 heavy (non-hydrogen) atoms. The predicted octanol–water partition coefficient (Wildman–Crippen LogP) is 5.76. The Morgan fingerprint density at radius 1 is 0.741 bits per heavy atom. The molecule has 0 aromatic heterocycles. The fourth-order valence-corrected chi connectivity index (χ4v) is 3.89. The van der Waals surface area contributed by atoms with E-state index in [2.05, 4.69) is 0 Å². The van der Waals surface area contributed by atoms with Crippen molar-refractivity contribution >= 4 is 13.1 Å². The minimum absolute atomic E-state index is 0.0323. The molecule has 0 N–H and O–H groups in total. The zero-order valence-corrected chi connectivity index (χ0v) is 16.0. The van der Waals surface area contributed by atoms with Gasteiger partial charge in [0, 0.05) is 5.56 Å². The average molecular weight is 380 g/mol. The molecule has 0 aliphatic carbocycles. The first-order valence-electron chi connectivity index (χ1n) is 8.65. The fourth-order valence-electron chi connectivity index (χ4n) is 2.48. The summed E-state index contributed by atoms with van der Waals surface area (Å²) in [6.07, 6.45) is 0. The lowest BCUT2D eigenvalue weighted by atomic mass is 10.2. The Labute approximate surface area is 159 Å². The number of carbonyl (C=O) groups excluding carboxylic acids is 1. The molecule has 0 spiro atoms. The molecule has 0 aliphatic rings. The summed E-state index contributed by atoms with van der Waals surface area (Å²) in [5.74, 6) is 0. The van der Waals surface area contributed by atoms with E-state index in [1.54, 1.807) is 24.3 Å². The molecule has 0 fully saturated rings. The summed E-state index contributed by atoms with van der Waals surface area (Å²) in [7, 11) is -4.02. The molecule has 3 aromatic carbocycles. The van der Waals surface area contributed by atoms with Crippen LogP contribution in [-0.2, 0) is 26.8 Å². The molecule has 0 aliphatic heterocycles. The van der Waals surface area contributed by atoms with Crippen LogP contribution in [-0.4, -0.2) is 5.52 Å². The van der Waals surface area contributed by atoms with Gasteiger partial charge in [0.05, 0.1) is 13.2 Å². The van der Waals surface area contributed by atoms with Crippen molar-refractivity contribution in [2.45, 2.75) is 20.1 Å². The van der Waals surface area contributed by atoms with Gasteiger partial charge in [-0.2, -0.15) is 0 Å². The van der Waals surface area contributed by atoms with Gasteiger partial charge in [0.25, 0.3) is 5.52 Å². The van der Waals surface area contributed by atoms with E-state index in [1.807, 2.05) is 67.6 Å². The number of carbonyl (C=O) groups is 1. The second-order valence-electron chi connectivity index (χ2n) is 6.19. The van der Waals surface area contributed by atoms with Gasteiger partial charge in [-0.1, -0.05) is 90.5 Å². The van der Waals surface area contributed by atoms with Crippen LogP contribution in [0, 0.1) is 6.92 Å². The van der Waals surface area contributed by atoms with Gasteiger partial charge in [0.1, 0.15) is 0 Å². The maximum atomic E-state index is 13.4. The Hall–Kier alpha value is -2.52. The third-order valence-corrected chi connectivity index (χ3v) is 5.73. The first-order chi connectivity index (χ1) is 13.1. The van der Waals surface area contributed by atoms with Crippen molar-refractivity contribution in [1.82, 2.24) is 0 Å². The van der Waals surface area contributed by atoms with Gasteiger partial charge in [-0.3, -0.25) is 18.4 Å². The van der Waals surface area contributed by atoms with Gasteiger partial charge >= 0.3 is 7.60 Å². The van der Waals surface area contributed by atoms with Crippen molar-refractivity contribution < 1.29 is 18.4 Å². The van der Waals surface area contributed by atoms with Gasteiger partial charge in [-0.05, 0) is 18.1 Å². The Balaban J connectivity index is 1.81. The summed E-state index contributed by atoms with van der Waals surface area (Å²) < 4.78 is 24.5. The lowest BCUT2D eigenvalue weighted by Gasteiger charge is -2.18. The van der Waals surface area contributed by atoms with E-state index in [1.165, 1.54) is 0 Å². The number of benzene rings is 3. The standard InChI is InChI=1S/C22H21O4P/c1-18-12-14-21(15-13-18)22(23)27(24,25-16-19-8-4-2-5-9-19)26-17-20-10-6-3-7-11-20/h2-15H,16-17H2,1H3. The maximum absolute atomic E-state index is 13.4. The molecule has 0 bridgehead atoms. The maximum Gasteiger partial charge on any atom is 0.402 e. The Morgan fingerprint density at radius 2 is 1.19 bits per heavy atom. The van der Waals surface area contributed by atoms with Crippen LogP contribution in [0.4, 0.5) is 0 Å². The number of rotatable bonds is 8. The van der Waals surface area contributed by atoms with E-state index in [0.717, 1.165) is 16.7 Å². The highest BCUT2D eigenvalue weighted by Crippen LogP contribution is 2.52. The van der Waals surface area contributed by atoms with Crippen molar-refractivity contribution in [3.63, 3.8) is 0 Å². The van der Waals surface area contributed by atoms with Crippen LogP contribution in [0.15, 0.2) is 84.9 Å². The van der Waals surface area contributed by atoms with Crippen LogP contribution in [0.3, 0.4) is 0 Å². The first kappa shape index (κ1) is 19.2. The quantitative estimate of drug-likeness (QED) is 0.466. The molecule has 138 valence electrons. The van der Waals surface area contributed by atoms with E-state index in [4.69, 9.17) is 9.05 Å². The topological polar surface area (TPSA) is 52.6 Å². The van der Waals surface area contributed by atoms with Crippen molar-refractivity contribution in [3.8, 4) is 0 Å². The molecule has 0 radical (unpaired) electrons. The monoisotopic (exact) mass is 380 g/mol. The molecule has 3 rings (SSSR count). The van der Waals surface area contributed by atoms with Gasteiger partial charge < -0.3 is 0 Å². The van der Waals surface area contributed by atoms with E-state index in [9.17, 15) is 9.36 Å². The fraction of sp³-hybridized carbons (Fsp3) is 0.136. The van der Waals surface area contributed by atoms with Gasteiger partial charge in [0.2, 0.25) is 0 Å². The molecule has 0 heterocycles. The number of aryl methyl sites for hydroxylation is 1. The van der Waals surface area contributed by atoms with E-state index < -0.39 is 13.1 Å². The minimum Gasteiger partial charge on any atom is -0.298 e. The minimum atomic E-state index is -4.02. The molecular formula is C22H21O4P. The third kappa shape index (κ3) is 5.24. The van der Waals surface area contributed by atoms with Crippen LogP contribution in [0.5, 0.6) is 0 Å².